The predicted octanol–water partition coefficient (Wildman–Crippen LogP) is 3.52. The summed E-state index contributed by atoms with van der Waals surface area (Å²) >= 11 is 0. The first kappa shape index (κ1) is 14.8. The molecule has 0 bridgehead atoms. The molecule has 0 fully saturated rings. The Bertz CT molecular complexity index is 379. The van der Waals surface area contributed by atoms with Crippen molar-refractivity contribution in [2.45, 2.75) is 32.0 Å². The van der Waals surface area contributed by atoms with Gasteiger partial charge in [-0.15, -0.1) is 0 Å². The molecule has 5 heteroatoms. The smallest absolute Gasteiger partial charge is 0.388 e. The van der Waals surface area contributed by atoms with E-state index >= 15 is 0 Å². The van der Waals surface area contributed by atoms with Gasteiger partial charge in [0.15, 0.2) is 0 Å². The number of aliphatic hydroxyl groups is 1. The molecule has 0 saturated carbocycles. The monoisotopic (exact) mass is 261 g/mol. The molecule has 0 aliphatic carbocycles. The maximum atomic E-state index is 12.2. The van der Waals surface area contributed by atoms with Gasteiger partial charge in [0.25, 0.3) is 0 Å². The van der Waals surface area contributed by atoms with Gasteiger partial charge in [-0.1, -0.05) is 25.1 Å². The van der Waals surface area contributed by atoms with Crippen molar-refractivity contribution in [3.63, 3.8) is 0 Å². The number of para-hydroxylation sites is 1. The van der Waals surface area contributed by atoms with Crippen LogP contribution in [0.1, 0.15) is 31.4 Å². The van der Waals surface area contributed by atoms with Gasteiger partial charge < -0.3 is 10.0 Å². The summed E-state index contributed by atoms with van der Waals surface area (Å²) in [6.07, 6.45) is -5.13. The van der Waals surface area contributed by atoms with Crippen LogP contribution < -0.4 is 4.90 Å². The average molecular weight is 261 g/mol. The average Bonchev–Trinajstić information content (AvgIpc) is 2.34. The van der Waals surface area contributed by atoms with Crippen molar-refractivity contribution in [3.05, 3.63) is 29.8 Å². The summed E-state index contributed by atoms with van der Waals surface area (Å²) in [5.41, 5.74) is 1.32. The second-order valence-corrected chi connectivity index (χ2v) is 4.27. The minimum absolute atomic E-state index is 0.114. The number of anilines is 1. The molecule has 0 aromatic heterocycles. The lowest BCUT2D eigenvalue weighted by atomic mass is 10.0. The number of hydrogen-bond donors (Lipinski definition) is 1. The van der Waals surface area contributed by atoms with Gasteiger partial charge >= 0.3 is 6.18 Å². The van der Waals surface area contributed by atoms with E-state index < -0.39 is 18.7 Å². The van der Waals surface area contributed by atoms with Crippen molar-refractivity contribution >= 4 is 5.69 Å². The van der Waals surface area contributed by atoms with Crippen molar-refractivity contribution in [1.29, 1.82) is 0 Å². The van der Waals surface area contributed by atoms with E-state index in [4.69, 9.17) is 0 Å². The molecule has 0 spiro atoms. The Balaban J connectivity index is 2.82. The van der Waals surface area contributed by atoms with Crippen LogP contribution in [0.15, 0.2) is 24.3 Å². The Morgan fingerprint density at radius 3 is 2.44 bits per heavy atom. The van der Waals surface area contributed by atoms with Gasteiger partial charge in [0, 0.05) is 24.8 Å². The van der Waals surface area contributed by atoms with Crippen LogP contribution >= 0.6 is 0 Å². The third-order valence-electron chi connectivity index (χ3n) is 2.82. The first-order chi connectivity index (χ1) is 8.35. The molecule has 0 amide bonds. The first-order valence-corrected chi connectivity index (χ1v) is 5.90. The topological polar surface area (TPSA) is 23.5 Å². The number of benzene rings is 1. The molecule has 2 nitrogen and oxygen atoms in total. The molecular weight excluding hydrogens is 243 g/mol. The Kier molecular flexibility index (Phi) is 5.02. The highest BCUT2D eigenvalue weighted by molar-refractivity contribution is 5.54. The molecule has 102 valence electrons. The van der Waals surface area contributed by atoms with Gasteiger partial charge in [-0.2, -0.15) is 13.2 Å². The zero-order valence-corrected chi connectivity index (χ0v) is 10.5. The van der Waals surface area contributed by atoms with Crippen LogP contribution in [-0.4, -0.2) is 24.9 Å². The molecule has 1 rings (SSSR count). The van der Waals surface area contributed by atoms with Gasteiger partial charge in [-0.25, -0.2) is 0 Å². The maximum Gasteiger partial charge on any atom is 0.390 e. The van der Waals surface area contributed by atoms with Gasteiger partial charge in [0.2, 0.25) is 0 Å². The highest BCUT2D eigenvalue weighted by atomic mass is 19.4. The molecular formula is C13H18F3NO. The molecule has 0 aliphatic heterocycles. The molecule has 0 radical (unpaired) electrons. The number of halogens is 3. The van der Waals surface area contributed by atoms with Crippen LogP contribution in [-0.2, 0) is 0 Å². The van der Waals surface area contributed by atoms with E-state index in [1.54, 1.807) is 31.3 Å². The lowest BCUT2D eigenvalue weighted by molar-refractivity contribution is -0.132. The molecule has 0 unspecified atom stereocenters. The van der Waals surface area contributed by atoms with Crippen LogP contribution in [0.3, 0.4) is 0 Å². The zero-order chi connectivity index (χ0) is 13.8. The minimum Gasteiger partial charge on any atom is -0.388 e. The molecule has 1 aromatic carbocycles. The SMILES string of the molecule is CC[C@@H](O)c1ccccc1N(C)CCC(F)(F)F. The van der Waals surface area contributed by atoms with E-state index in [1.165, 1.54) is 4.90 Å². The number of nitrogens with zero attached hydrogens (tertiary/aromatic N) is 1. The van der Waals surface area contributed by atoms with E-state index in [0.29, 0.717) is 17.7 Å². The minimum atomic E-state index is -4.16. The van der Waals surface area contributed by atoms with E-state index in [9.17, 15) is 18.3 Å². The molecule has 18 heavy (non-hydrogen) atoms. The van der Waals surface area contributed by atoms with E-state index in [0.717, 1.165) is 0 Å². The van der Waals surface area contributed by atoms with Crippen molar-refractivity contribution in [1.82, 2.24) is 0 Å². The lowest BCUT2D eigenvalue weighted by Crippen LogP contribution is -2.25. The van der Waals surface area contributed by atoms with Crippen molar-refractivity contribution in [3.8, 4) is 0 Å². The van der Waals surface area contributed by atoms with Gasteiger partial charge in [0.1, 0.15) is 0 Å². The summed E-state index contributed by atoms with van der Waals surface area (Å²) < 4.78 is 36.5. The summed E-state index contributed by atoms with van der Waals surface area (Å²) in [4.78, 5) is 1.53. The summed E-state index contributed by atoms with van der Waals surface area (Å²) in [5.74, 6) is 0. The molecule has 0 saturated heterocycles. The first-order valence-electron chi connectivity index (χ1n) is 5.90. The molecule has 0 aliphatic rings. The molecule has 1 aromatic rings. The standard InChI is InChI=1S/C13H18F3NO/c1-3-12(18)10-6-4-5-7-11(10)17(2)9-8-13(14,15)16/h4-7,12,18H,3,8-9H2,1-2H3/t12-/m1/s1. The maximum absolute atomic E-state index is 12.2. The fourth-order valence-corrected chi connectivity index (χ4v) is 1.75. The van der Waals surface area contributed by atoms with Crippen LogP contribution in [0.4, 0.5) is 18.9 Å². The second-order valence-electron chi connectivity index (χ2n) is 4.27. The van der Waals surface area contributed by atoms with Gasteiger partial charge in [-0.3, -0.25) is 0 Å². The Labute approximate surface area is 105 Å². The van der Waals surface area contributed by atoms with Gasteiger partial charge in [0.05, 0.1) is 12.5 Å². The van der Waals surface area contributed by atoms with Crippen molar-refractivity contribution in [2.24, 2.45) is 0 Å². The third kappa shape index (κ3) is 4.22. The van der Waals surface area contributed by atoms with Crippen molar-refractivity contribution in [2.75, 3.05) is 18.5 Å². The van der Waals surface area contributed by atoms with E-state index in [1.807, 2.05) is 6.92 Å². The Morgan fingerprint density at radius 2 is 1.89 bits per heavy atom. The summed E-state index contributed by atoms with van der Waals surface area (Å²) in [6.45, 7) is 1.72. The third-order valence-corrected chi connectivity index (χ3v) is 2.82. The highest BCUT2D eigenvalue weighted by Gasteiger charge is 2.27. The van der Waals surface area contributed by atoms with Crippen LogP contribution in [0, 0.1) is 0 Å². The number of aliphatic hydroxyl groups excluding tert-OH is 1. The summed E-state index contributed by atoms with van der Waals surface area (Å²) in [6, 6.07) is 7.00. The fourth-order valence-electron chi connectivity index (χ4n) is 1.75. The number of hydrogen-bond acceptors (Lipinski definition) is 2. The zero-order valence-electron chi connectivity index (χ0n) is 10.5. The largest absolute Gasteiger partial charge is 0.390 e. The number of alkyl halides is 3. The quantitative estimate of drug-likeness (QED) is 0.876. The predicted molar refractivity (Wildman–Crippen MR) is 65.6 cm³/mol. The van der Waals surface area contributed by atoms with E-state index in [2.05, 4.69) is 0 Å². The van der Waals surface area contributed by atoms with Gasteiger partial charge in [-0.05, 0) is 12.5 Å². The summed E-state index contributed by atoms with van der Waals surface area (Å²) in [7, 11) is 1.60. The normalized spacial score (nSPS) is 13.4. The summed E-state index contributed by atoms with van der Waals surface area (Å²) in [5, 5.41) is 9.84. The van der Waals surface area contributed by atoms with Crippen LogP contribution in [0.25, 0.3) is 0 Å². The van der Waals surface area contributed by atoms with Crippen LogP contribution in [0.5, 0.6) is 0 Å². The molecule has 1 atom stereocenters. The van der Waals surface area contributed by atoms with Crippen LogP contribution in [0.2, 0.25) is 0 Å². The Morgan fingerprint density at radius 1 is 1.28 bits per heavy atom. The Hall–Kier alpha value is -1.23. The fraction of sp³-hybridized carbons (Fsp3) is 0.538. The van der Waals surface area contributed by atoms with Crippen molar-refractivity contribution < 1.29 is 18.3 Å². The second kappa shape index (κ2) is 6.09. The lowest BCUT2D eigenvalue weighted by Gasteiger charge is -2.24. The van der Waals surface area contributed by atoms with E-state index in [-0.39, 0.29) is 6.54 Å². The number of rotatable bonds is 5. The molecule has 1 N–H and O–H groups in total. The molecule has 0 heterocycles. The highest BCUT2D eigenvalue weighted by Crippen LogP contribution is 2.28.